The monoisotopic (exact) mass is 138 g/mol. The number of ether oxygens (including phenoxy) is 1. The predicted octanol–water partition coefficient (Wildman–Crippen LogP) is 2.24. The summed E-state index contributed by atoms with van der Waals surface area (Å²) in [5.41, 5.74) is 0. The molecule has 0 bridgehead atoms. The number of rotatable bonds is 4. The molecular formula is C6H15ClO. The Labute approximate surface area is 57.8 Å². The fourth-order valence-corrected chi connectivity index (χ4v) is 0.391. The summed E-state index contributed by atoms with van der Waals surface area (Å²) in [5.74, 6) is 0. The molecule has 0 saturated carbocycles. The molecule has 0 N–H and O–H groups in total. The van der Waals surface area contributed by atoms with Crippen LogP contribution < -0.4 is 0 Å². The highest BCUT2D eigenvalue weighted by Crippen LogP contribution is 1.85. The zero-order valence-electron chi connectivity index (χ0n) is 5.64. The number of hydrogen-bond donors (Lipinski definition) is 0. The maximum absolute atomic E-state index is 5.07. The molecule has 0 aliphatic rings. The molecule has 0 aromatic heterocycles. The van der Waals surface area contributed by atoms with Crippen LogP contribution in [0.2, 0.25) is 0 Å². The van der Waals surface area contributed by atoms with E-state index >= 15 is 0 Å². The Morgan fingerprint density at radius 3 is 2.25 bits per heavy atom. The first kappa shape index (κ1) is 11.1. The highest BCUT2D eigenvalue weighted by atomic mass is 35.5. The zero-order valence-corrected chi connectivity index (χ0v) is 6.46. The number of hydrogen-bond acceptors (Lipinski definition) is 1. The van der Waals surface area contributed by atoms with E-state index in [-0.39, 0.29) is 12.4 Å². The van der Waals surface area contributed by atoms with Crippen molar-refractivity contribution in [2.24, 2.45) is 0 Å². The second kappa shape index (κ2) is 10.3. The van der Waals surface area contributed by atoms with Crippen molar-refractivity contribution in [2.45, 2.75) is 26.7 Å². The molecule has 0 rings (SSSR count). The van der Waals surface area contributed by atoms with Gasteiger partial charge in [0.25, 0.3) is 0 Å². The zero-order chi connectivity index (χ0) is 5.54. The fourth-order valence-electron chi connectivity index (χ4n) is 0.391. The molecule has 0 atom stereocenters. The highest BCUT2D eigenvalue weighted by molar-refractivity contribution is 5.85. The first-order valence-corrected chi connectivity index (χ1v) is 2.99. The van der Waals surface area contributed by atoms with Crippen LogP contribution >= 0.6 is 12.4 Å². The van der Waals surface area contributed by atoms with Gasteiger partial charge in [0.2, 0.25) is 0 Å². The molecule has 2 heteroatoms. The summed E-state index contributed by atoms with van der Waals surface area (Å²) >= 11 is 0. The van der Waals surface area contributed by atoms with Crippen LogP contribution in [-0.2, 0) is 4.74 Å². The molecule has 52 valence electrons. The summed E-state index contributed by atoms with van der Waals surface area (Å²) in [6, 6.07) is 0. The van der Waals surface area contributed by atoms with Crippen LogP contribution in [-0.4, -0.2) is 13.2 Å². The van der Waals surface area contributed by atoms with Gasteiger partial charge in [-0.05, 0) is 13.3 Å². The molecule has 0 radical (unpaired) electrons. The van der Waals surface area contributed by atoms with Crippen LogP contribution in [0.3, 0.4) is 0 Å². The van der Waals surface area contributed by atoms with E-state index in [1.165, 1.54) is 12.8 Å². The third-order valence-corrected chi connectivity index (χ3v) is 0.846. The van der Waals surface area contributed by atoms with Gasteiger partial charge in [-0.2, -0.15) is 0 Å². The first-order chi connectivity index (χ1) is 3.41. The second-order valence-corrected chi connectivity index (χ2v) is 1.55. The molecule has 0 aliphatic heterocycles. The van der Waals surface area contributed by atoms with Crippen molar-refractivity contribution in [2.75, 3.05) is 13.2 Å². The van der Waals surface area contributed by atoms with Crippen molar-refractivity contribution in [3.8, 4) is 0 Å². The summed E-state index contributed by atoms with van der Waals surface area (Å²) < 4.78 is 5.07. The topological polar surface area (TPSA) is 9.23 Å². The van der Waals surface area contributed by atoms with E-state index in [1.54, 1.807) is 0 Å². The normalized spacial score (nSPS) is 8.25. The molecular weight excluding hydrogens is 124 g/mol. The Kier molecular flexibility index (Phi) is 14.3. The smallest absolute Gasteiger partial charge is 0.0465 e. The maximum atomic E-state index is 5.07. The van der Waals surface area contributed by atoms with E-state index in [4.69, 9.17) is 4.74 Å². The summed E-state index contributed by atoms with van der Waals surface area (Å²) in [4.78, 5) is 0. The lowest BCUT2D eigenvalue weighted by Crippen LogP contribution is -1.90. The maximum Gasteiger partial charge on any atom is 0.0465 e. The average Bonchev–Trinajstić information content (AvgIpc) is 1.69. The van der Waals surface area contributed by atoms with Crippen LogP contribution in [0.5, 0.6) is 0 Å². The SMILES string of the molecule is CCCCOCC.Cl. The summed E-state index contributed by atoms with van der Waals surface area (Å²) in [6.45, 7) is 5.99. The molecule has 0 heterocycles. The molecule has 8 heavy (non-hydrogen) atoms. The summed E-state index contributed by atoms with van der Waals surface area (Å²) in [6.07, 6.45) is 2.44. The van der Waals surface area contributed by atoms with Crippen LogP contribution in [0.1, 0.15) is 26.7 Å². The van der Waals surface area contributed by atoms with Gasteiger partial charge in [0.1, 0.15) is 0 Å². The lowest BCUT2D eigenvalue weighted by Gasteiger charge is -1.94. The minimum Gasteiger partial charge on any atom is -0.382 e. The lowest BCUT2D eigenvalue weighted by atomic mass is 10.4. The third kappa shape index (κ3) is 9.54. The molecule has 0 spiro atoms. The van der Waals surface area contributed by atoms with E-state index in [9.17, 15) is 0 Å². The minimum absolute atomic E-state index is 0. The van der Waals surface area contributed by atoms with Crippen molar-refractivity contribution in [1.82, 2.24) is 0 Å². The quantitative estimate of drug-likeness (QED) is 0.542. The standard InChI is InChI=1S/C6H14O.ClH/c1-3-5-6-7-4-2;/h3-6H2,1-2H3;1H. The Bertz CT molecular complexity index is 27.7. The molecule has 0 saturated heterocycles. The van der Waals surface area contributed by atoms with Crippen molar-refractivity contribution >= 4 is 12.4 Å². The van der Waals surface area contributed by atoms with Gasteiger partial charge < -0.3 is 4.74 Å². The van der Waals surface area contributed by atoms with E-state index in [0.717, 1.165) is 13.2 Å². The van der Waals surface area contributed by atoms with Gasteiger partial charge in [-0.15, -0.1) is 12.4 Å². The van der Waals surface area contributed by atoms with Crippen molar-refractivity contribution in [1.29, 1.82) is 0 Å². The summed E-state index contributed by atoms with van der Waals surface area (Å²) in [7, 11) is 0. The molecule has 0 fully saturated rings. The van der Waals surface area contributed by atoms with Crippen LogP contribution in [0, 0.1) is 0 Å². The largest absolute Gasteiger partial charge is 0.382 e. The average molecular weight is 139 g/mol. The van der Waals surface area contributed by atoms with Gasteiger partial charge >= 0.3 is 0 Å². The molecule has 0 unspecified atom stereocenters. The highest BCUT2D eigenvalue weighted by Gasteiger charge is 1.78. The van der Waals surface area contributed by atoms with Gasteiger partial charge in [-0.25, -0.2) is 0 Å². The van der Waals surface area contributed by atoms with Gasteiger partial charge in [0.05, 0.1) is 0 Å². The van der Waals surface area contributed by atoms with E-state index in [0.29, 0.717) is 0 Å². The van der Waals surface area contributed by atoms with Crippen LogP contribution in [0.15, 0.2) is 0 Å². The van der Waals surface area contributed by atoms with Crippen molar-refractivity contribution in [3.63, 3.8) is 0 Å². The second-order valence-electron chi connectivity index (χ2n) is 1.55. The molecule has 0 amide bonds. The fraction of sp³-hybridized carbons (Fsp3) is 1.00. The Morgan fingerprint density at radius 1 is 1.25 bits per heavy atom. The van der Waals surface area contributed by atoms with Crippen molar-refractivity contribution in [3.05, 3.63) is 0 Å². The Hall–Kier alpha value is 0.250. The van der Waals surface area contributed by atoms with E-state index in [1.807, 2.05) is 6.92 Å². The molecule has 0 aromatic carbocycles. The molecule has 1 nitrogen and oxygen atoms in total. The third-order valence-electron chi connectivity index (χ3n) is 0.846. The van der Waals surface area contributed by atoms with E-state index < -0.39 is 0 Å². The van der Waals surface area contributed by atoms with E-state index in [2.05, 4.69) is 6.92 Å². The van der Waals surface area contributed by atoms with Gasteiger partial charge in [-0.3, -0.25) is 0 Å². The van der Waals surface area contributed by atoms with Gasteiger partial charge in [0, 0.05) is 13.2 Å². The van der Waals surface area contributed by atoms with Gasteiger partial charge in [0.15, 0.2) is 0 Å². The first-order valence-electron chi connectivity index (χ1n) is 2.99. The predicted molar refractivity (Wildman–Crippen MR) is 38.6 cm³/mol. The lowest BCUT2D eigenvalue weighted by molar-refractivity contribution is 0.144. The summed E-state index contributed by atoms with van der Waals surface area (Å²) in [5, 5.41) is 0. The van der Waals surface area contributed by atoms with Crippen LogP contribution in [0.25, 0.3) is 0 Å². The molecule has 0 aliphatic carbocycles. The molecule has 0 aromatic rings. The van der Waals surface area contributed by atoms with Crippen LogP contribution in [0.4, 0.5) is 0 Å². The van der Waals surface area contributed by atoms with Crippen molar-refractivity contribution < 1.29 is 4.74 Å². The number of halogens is 1. The number of unbranched alkanes of at least 4 members (excludes halogenated alkanes) is 1. The Balaban J connectivity index is 0. The van der Waals surface area contributed by atoms with Gasteiger partial charge in [-0.1, -0.05) is 13.3 Å². The Morgan fingerprint density at radius 2 is 1.88 bits per heavy atom. The minimum atomic E-state index is 0.